The number of hydrogen-bond donors (Lipinski definition) is 4. The molecular formula is C22H34O6. The maximum Gasteiger partial charge on any atom is 0.303 e. The minimum absolute atomic E-state index is 0.160. The number of aliphatic hydroxyl groups is 3. The molecular weight excluding hydrogens is 360 g/mol. The molecule has 28 heavy (non-hydrogen) atoms. The molecule has 0 aromatic heterocycles. The summed E-state index contributed by atoms with van der Waals surface area (Å²) in [6.07, 6.45) is 16.0. The highest BCUT2D eigenvalue weighted by atomic mass is 16.5. The largest absolute Gasteiger partial charge is 0.481 e. The number of aliphatic carboxylic acids is 1. The van der Waals surface area contributed by atoms with Crippen molar-refractivity contribution >= 4 is 5.97 Å². The SMILES string of the molecule is CC[C@@H](O)[C@H]1C[C@@H](O)[C@H](/C=C/[C@H](O)C/C=C\C/C=C\C/C=C\CCC(=O)O)O1. The van der Waals surface area contributed by atoms with Crippen LogP contribution >= 0.6 is 0 Å². The Morgan fingerprint density at radius 3 is 2.39 bits per heavy atom. The predicted molar refractivity (Wildman–Crippen MR) is 109 cm³/mol. The molecule has 6 nitrogen and oxygen atoms in total. The van der Waals surface area contributed by atoms with Gasteiger partial charge in [-0.2, -0.15) is 0 Å². The van der Waals surface area contributed by atoms with Crippen LogP contribution in [-0.2, 0) is 9.53 Å². The van der Waals surface area contributed by atoms with Gasteiger partial charge >= 0.3 is 5.97 Å². The minimum atomic E-state index is -0.784. The highest BCUT2D eigenvalue weighted by molar-refractivity contribution is 5.66. The third-order valence-electron chi connectivity index (χ3n) is 4.50. The summed E-state index contributed by atoms with van der Waals surface area (Å²) in [6.45, 7) is 1.87. The van der Waals surface area contributed by atoms with Crippen LogP contribution in [0.3, 0.4) is 0 Å². The van der Waals surface area contributed by atoms with Gasteiger partial charge in [-0.05, 0) is 32.1 Å². The summed E-state index contributed by atoms with van der Waals surface area (Å²) < 4.78 is 5.63. The zero-order valence-corrected chi connectivity index (χ0v) is 16.6. The molecule has 1 aliphatic rings. The van der Waals surface area contributed by atoms with Gasteiger partial charge in [0.25, 0.3) is 0 Å². The van der Waals surface area contributed by atoms with Crippen LogP contribution in [0.25, 0.3) is 0 Å². The Balaban J connectivity index is 2.18. The molecule has 158 valence electrons. The molecule has 4 N–H and O–H groups in total. The Hall–Kier alpha value is -1.73. The number of carboxylic acids is 1. The number of ether oxygens (including phenoxy) is 1. The molecule has 0 aromatic carbocycles. The fraction of sp³-hybridized carbons (Fsp3) is 0.591. The summed E-state index contributed by atoms with van der Waals surface area (Å²) in [5, 5.41) is 38.3. The Morgan fingerprint density at radius 2 is 1.75 bits per heavy atom. The molecule has 0 unspecified atom stereocenters. The molecule has 0 bridgehead atoms. The maximum absolute atomic E-state index is 10.3. The van der Waals surface area contributed by atoms with Crippen LogP contribution in [-0.4, -0.2) is 56.9 Å². The van der Waals surface area contributed by atoms with Crippen LogP contribution in [0, 0.1) is 0 Å². The Bertz CT molecular complexity index is 551. The van der Waals surface area contributed by atoms with Crippen molar-refractivity contribution in [3.05, 3.63) is 48.6 Å². The first kappa shape index (κ1) is 24.3. The molecule has 0 amide bonds. The first-order valence-electron chi connectivity index (χ1n) is 9.98. The van der Waals surface area contributed by atoms with Gasteiger partial charge in [0.05, 0.1) is 24.4 Å². The van der Waals surface area contributed by atoms with Crippen LogP contribution < -0.4 is 0 Å². The quantitative estimate of drug-likeness (QED) is 0.358. The Morgan fingerprint density at radius 1 is 1.11 bits per heavy atom. The molecule has 1 saturated heterocycles. The molecule has 1 rings (SSSR count). The summed E-state index contributed by atoms with van der Waals surface area (Å²) >= 11 is 0. The molecule has 0 aliphatic carbocycles. The zero-order valence-electron chi connectivity index (χ0n) is 16.6. The van der Waals surface area contributed by atoms with E-state index in [9.17, 15) is 20.1 Å². The average molecular weight is 395 g/mol. The second-order valence-electron chi connectivity index (χ2n) is 6.92. The minimum Gasteiger partial charge on any atom is -0.481 e. The molecule has 0 spiro atoms. The second kappa shape index (κ2) is 14.3. The Kier molecular flexibility index (Phi) is 12.4. The fourth-order valence-electron chi connectivity index (χ4n) is 2.82. The van der Waals surface area contributed by atoms with Gasteiger partial charge < -0.3 is 25.2 Å². The van der Waals surface area contributed by atoms with Crippen molar-refractivity contribution < 1.29 is 30.0 Å². The lowest BCUT2D eigenvalue weighted by Crippen LogP contribution is -2.25. The van der Waals surface area contributed by atoms with Crippen molar-refractivity contribution in [1.82, 2.24) is 0 Å². The monoisotopic (exact) mass is 394 g/mol. The summed E-state index contributed by atoms with van der Waals surface area (Å²) in [4.78, 5) is 10.3. The predicted octanol–water partition coefficient (Wildman–Crippen LogP) is 2.90. The summed E-state index contributed by atoms with van der Waals surface area (Å²) in [5.41, 5.74) is 0. The van der Waals surface area contributed by atoms with Crippen molar-refractivity contribution in [3.8, 4) is 0 Å². The van der Waals surface area contributed by atoms with Gasteiger partial charge in [-0.25, -0.2) is 0 Å². The van der Waals surface area contributed by atoms with E-state index < -0.39 is 30.4 Å². The molecule has 0 aromatic rings. The third-order valence-corrected chi connectivity index (χ3v) is 4.50. The highest BCUT2D eigenvalue weighted by Gasteiger charge is 2.35. The van der Waals surface area contributed by atoms with E-state index in [0.29, 0.717) is 25.7 Å². The number of allylic oxidation sites excluding steroid dienone is 5. The van der Waals surface area contributed by atoms with Gasteiger partial charge in [0.15, 0.2) is 0 Å². The van der Waals surface area contributed by atoms with Gasteiger partial charge in [-0.15, -0.1) is 0 Å². The number of rotatable bonds is 13. The van der Waals surface area contributed by atoms with E-state index in [1.165, 1.54) is 0 Å². The summed E-state index contributed by atoms with van der Waals surface area (Å²) in [5.74, 6) is -0.784. The molecule has 1 heterocycles. The van der Waals surface area contributed by atoms with Gasteiger partial charge in [0.1, 0.15) is 6.10 Å². The van der Waals surface area contributed by atoms with E-state index in [1.807, 2.05) is 43.4 Å². The lowest BCUT2D eigenvalue weighted by atomic mass is 10.1. The lowest BCUT2D eigenvalue weighted by Gasteiger charge is -2.16. The van der Waals surface area contributed by atoms with Gasteiger partial charge in [0, 0.05) is 12.8 Å². The van der Waals surface area contributed by atoms with E-state index in [0.717, 1.165) is 12.8 Å². The Labute approximate surface area is 167 Å². The third kappa shape index (κ3) is 10.6. The molecule has 1 aliphatic heterocycles. The van der Waals surface area contributed by atoms with Crippen LogP contribution in [0.1, 0.15) is 51.9 Å². The zero-order chi connectivity index (χ0) is 20.8. The second-order valence-corrected chi connectivity index (χ2v) is 6.92. The molecule has 6 heteroatoms. The van der Waals surface area contributed by atoms with Crippen LogP contribution in [0.15, 0.2) is 48.6 Å². The molecule has 5 atom stereocenters. The van der Waals surface area contributed by atoms with Crippen molar-refractivity contribution in [1.29, 1.82) is 0 Å². The first-order valence-corrected chi connectivity index (χ1v) is 9.98. The van der Waals surface area contributed by atoms with E-state index in [-0.39, 0.29) is 12.5 Å². The van der Waals surface area contributed by atoms with E-state index in [2.05, 4.69) is 0 Å². The van der Waals surface area contributed by atoms with Gasteiger partial charge in [-0.1, -0.05) is 55.5 Å². The highest BCUT2D eigenvalue weighted by Crippen LogP contribution is 2.25. The molecule has 1 fully saturated rings. The van der Waals surface area contributed by atoms with Crippen molar-refractivity contribution in [2.24, 2.45) is 0 Å². The first-order chi connectivity index (χ1) is 13.4. The number of carboxylic acid groups (broad SMARTS) is 1. The smallest absolute Gasteiger partial charge is 0.303 e. The molecule has 0 saturated carbocycles. The maximum atomic E-state index is 10.3. The summed E-state index contributed by atoms with van der Waals surface area (Å²) in [6, 6.07) is 0. The fourth-order valence-corrected chi connectivity index (χ4v) is 2.82. The normalized spacial score (nSPS) is 25.5. The van der Waals surface area contributed by atoms with Crippen LogP contribution in [0.2, 0.25) is 0 Å². The van der Waals surface area contributed by atoms with E-state index >= 15 is 0 Å². The van der Waals surface area contributed by atoms with Crippen molar-refractivity contribution in [3.63, 3.8) is 0 Å². The van der Waals surface area contributed by atoms with E-state index in [1.54, 1.807) is 12.2 Å². The van der Waals surface area contributed by atoms with Gasteiger partial charge in [0.2, 0.25) is 0 Å². The number of aliphatic hydroxyl groups excluding tert-OH is 3. The molecule has 0 radical (unpaired) electrons. The van der Waals surface area contributed by atoms with Crippen molar-refractivity contribution in [2.45, 2.75) is 82.4 Å². The van der Waals surface area contributed by atoms with Crippen LogP contribution in [0.4, 0.5) is 0 Å². The number of carbonyl (C=O) groups is 1. The standard InChI is InChI=1S/C22H34O6/c1-2-18(24)21-16-19(25)20(28-21)15-14-17(23)12-10-8-6-4-3-5-7-9-11-13-22(26)27/h3-4,7-10,14-15,17-21,23-25H,2,5-6,11-13,16H2,1H3,(H,26,27)/b4-3-,9-7-,10-8-,15-14+/t17-,18-,19-,20+,21-/m1/s1. The van der Waals surface area contributed by atoms with Gasteiger partial charge in [-0.3, -0.25) is 4.79 Å². The van der Waals surface area contributed by atoms with Crippen LogP contribution in [0.5, 0.6) is 0 Å². The topological polar surface area (TPSA) is 107 Å². The lowest BCUT2D eigenvalue weighted by molar-refractivity contribution is -0.136. The van der Waals surface area contributed by atoms with E-state index in [4.69, 9.17) is 9.84 Å². The average Bonchev–Trinajstić information content (AvgIpc) is 3.04. The summed E-state index contributed by atoms with van der Waals surface area (Å²) in [7, 11) is 0. The number of hydrogen-bond acceptors (Lipinski definition) is 5. The van der Waals surface area contributed by atoms with Crippen molar-refractivity contribution in [2.75, 3.05) is 0 Å².